The molecule has 0 aromatic heterocycles. The number of esters is 1. The summed E-state index contributed by atoms with van der Waals surface area (Å²) in [7, 11) is 0. The van der Waals surface area contributed by atoms with Gasteiger partial charge in [-0.3, -0.25) is 4.79 Å². The highest BCUT2D eigenvalue weighted by Gasteiger charge is 2.31. The lowest BCUT2D eigenvalue weighted by molar-refractivity contribution is -0.147. The van der Waals surface area contributed by atoms with Gasteiger partial charge in [0.15, 0.2) is 0 Å². The van der Waals surface area contributed by atoms with Crippen molar-refractivity contribution in [3.05, 3.63) is 59.7 Å². The summed E-state index contributed by atoms with van der Waals surface area (Å²) in [6, 6.07) is 14.8. The number of fused-ring (bicyclic) bond motifs is 3. The number of ether oxygens (including phenoxy) is 2. The highest BCUT2D eigenvalue weighted by atomic mass is 16.6. The fraction of sp³-hybridized carbons (Fsp3) is 0.375. The van der Waals surface area contributed by atoms with Crippen molar-refractivity contribution in [3.8, 4) is 11.1 Å². The van der Waals surface area contributed by atoms with Gasteiger partial charge in [-0.1, -0.05) is 48.5 Å². The van der Waals surface area contributed by atoms with Gasteiger partial charge < -0.3 is 19.9 Å². The van der Waals surface area contributed by atoms with Crippen molar-refractivity contribution in [2.45, 2.75) is 51.2 Å². The molecule has 7 nitrogen and oxygen atoms in total. The van der Waals surface area contributed by atoms with Gasteiger partial charge in [0.25, 0.3) is 0 Å². The number of carbonyl (C=O) groups is 3. The Kier molecular flexibility index (Phi) is 6.63. The van der Waals surface area contributed by atoms with E-state index in [0.29, 0.717) is 0 Å². The molecule has 0 unspecified atom stereocenters. The number of hydrogen-bond donors (Lipinski definition) is 2. The Morgan fingerprint density at radius 2 is 1.55 bits per heavy atom. The smallest absolute Gasteiger partial charge is 0.408 e. The molecule has 31 heavy (non-hydrogen) atoms. The number of carboxylic acids is 1. The monoisotopic (exact) mass is 425 g/mol. The van der Waals surface area contributed by atoms with E-state index in [2.05, 4.69) is 5.32 Å². The molecule has 2 aromatic rings. The Morgan fingerprint density at radius 3 is 2.06 bits per heavy atom. The van der Waals surface area contributed by atoms with Crippen LogP contribution < -0.4 is 5.32 Å². The van der Waals surface area contributed by atoms with Gasteiger partial charge in [0.2, 0.25) is 0 Å². The highest BCUT2D eigenvalue weighted by molar-refractivity contribution is 5.83. The van der Waals surface area contributed by atoms with E-state index in [0.717, 1.165) is 22.3 Å². The van der Waals surface area contributed by atoms with Crippen LogP contribution in [0, 0.1) is 0 Å². The second kappa shape index (κ2) is 9.20. The zero-order valence-electron chi connectivity index (χ0n) is 17.9. The van der Waals surface area contributed by atoms with Crippen LogP contribution in [0.5, 0.6) is 0 Å². The van der Waals surface area contributed by atoms with E-state index >= 15 is 0 Å². The zero-order valence-corrected chi connectivity index (χ0v) is 17.9. The summed E-state index contributed by atoms with van der Waals surface area (Å²) >= 11 is 0. The van der Waals surface area contributed by atoms with Crippen LogP contribution in [0.2, 0.25) is 0 Å². The summed E-state index contributed by atoms with van der Waals surface area (Å²) in [5.74, 6) is -1.88. The molecule has 0 heterocycles. The maximum absolute atomic E-state index is 12.8. The number of benzene rings is 2. The minimum atomic E-state index is -1.11. The maximum Gasteiger partial charge on any atom is 0.408 e. The van der Waals surface area contributed by atoms with Crippen LogP contribution in [0.4, 0.5) is 4.79 Å². The standard InChI is InChI=1S/C24H27NO6/c1-24(2,3)31-23(29)25-20(12-13-21(26)27)22(28)30-14-19-17-10-6-4-8-15(17)16-9-5-7-11-18(16)19/h4-11,19-20H,12-14H2,1-3H3,(H,25,29)(H,26,27)/t20-/m0/s1. The molecular weight excluding hydrogens is 398 g/mol. The summed E-state index contributed by atoms with van der Waals surface area (Å²) in [6.07, 6.45) is -1.17. The van der Waals surface area contributed by atoms with Crippen LogP contribution >= 0.6 is 0 Å². The molecule has 0 saturated carbocycles. The number of alkyl carbamates (subject to hydrolysis) is 1. The summed E-state index contributed by atoms with van der Waals surface area (Å²) in [5.41, 5.74) is 3.60. The average Bonchev–Trinajstić information content (AvgIpc) is 3.01. The third-order valence-corrected chi connectivity index (χ3v) is 4.98. The molecule has 0 bridgehead atoms. The Bertz CT molecular complexity index is 933. The largest absolute Gasteiger partial charge is 0.481 e. The van der Waals surface area contributed by atoms with Crippen LogP contribution in [0.1, 0.15) is 50.7 Å². The number of hydrogen-bond acceptors (Lipinski definition) is 5. The van der Waals surface area contributed by atoms with E-state index in [9.17, 15) is 14.4 Å². The van der Waals surface area contributed by atoms with E-state index in [4.69, 9.17) is 14.6 Å². The first-order valence-electron chi connectivity index (χ1n) is 10.2. The molecule has 0 spiro atoms. The van der Waals surface area contributed by atoms with Crippen molar-refractivity contribution < 1.29 is 29.0 Å². The topological polar surface area (TPSA) is 102 Å². The molecule has 1 aliphatic rings. The normalized spacial score (nSPS) is 13.6. The summed E-state index contributed by atoms with van der Waals surface area (Å²) in [6.45, 7) is 5.19. The molecule has 1 amide bonds. The molecule has 2 aromatic carbocycles. The average molecular weight is 425 g/mol. The van der Waals surface area contributed by atoms with Crippen molar-refractivity contribution in [3.63, 3.8) is 0 Å². The lowest BCUT2D eigenvalue weighted by atomic mass is 9.98. The second-order valence-corrected chi connectivity index (χ2v) is 8.49. The van der Waals surface area contributed by atoms with E-state index in [1.165, 1.54) is 0 Å². The minimum Gasteiger partial charge on any atom is -0.481 e. The molecule has 0 aliphatic heterocycles. The number of nitrogens with one attached hydrogen (secondary N) is 1. The highest BCUT2D eigenvalue weighted by Crippen LogP contribution is 2.44. The molecule has 164 valence electrons. The van der Waals surface area contributed by atoms with Crippen molar-refractivity contribution in [1.82, 2.24) is 5.32 Å². The lowest BCUT2D eigenvalue weighted by Crippen LogP contribution is -2.44. The van der Waals surface area contributed by atoms with Crippen LogP contribution in [0.25, 0.3) is 11.1 Å². The molecule has 0 radical (unpaired) electrons. The molecule has 2 N–H and O–H groups in total. The lowest BCUT2D eigenvalue weighted by Gasteiger charge is -2.23. The van der Waals surface area contributed by atoms with Crippen molar-refractivity contribution in [1.29, 1.82) is 0 Å². The summed E-state index contributed by atoms with van der Waals surface area (Å²) < 4.78 is 10.8. The minimum absolute atomic E-state index is 0.0897. The first-order valence-corrected chi connectivity index (χ1v) is 10.2. The van der Waals surface area contributed by atoms with Crippen LogP contribution in [0.3, 0.4) is 0 Å². The molecule has 0 fully saturated rings. The first kappa shape index (κ1) is 22.3. The van der Waals surface area contributed by atoms with Crippen LogP contribution in [0.15, 0.2) is 48.5 Å². The predicted molar refractivity (Wildman–Crippen MR) is 115 cm³/mol. The fourth-order valence-electron chi connectivity index (χ4n) is 3.67. The molecule has 1 atom stereocenters. The predicted octanol–water partition coefficient (Wildman–Crippen LogP) is 4.10. The third kappa shape index (κ3) is 5.63. The number of aliphatic carboxylic acids is 1. The first-order chi connectivity index (χ1) is 14.7. The van der Waals surface area contributed by atoms with Gasteiger partial charge in [-0.15, -0.1) is 0 Å². The van der Waals surface area contributed by atoms with E-state index in [-0.39, 0.29) is 25.4 Å². The molecule has 0 saturated heterocycles. The molecule has 7 heteroatoms. The van der Waals surface area contributed by atoms with Crippen molar-refractivity contribution in [2.75, 3.05) is 6.61 Å². The summed E-state index contributed by atoms with van der Waals surface area (Å²) in [5, 5.41) is 11.4. The van der Waals surface area contributed by atoms with Gasteiger partial charge in [0.1, 0.15) is 18.2 Å². The SMILES string of the molecule is CC(C)(C)OC(=O)N[C@@H](CCC(=O)O)C(=O)OCC1c2ccccc2-c2ccccc21. The number of carbonyl (C=O) groups excluding carboxylic acids is 2. The van der Waals surface area contributed by atoms with Crippen LogP contribution in [-0.4, -0.2) is 41.4 Å². The molecule has 1 aliphatic carbocycles. The van der Waals surface area contributed by atoms with Crippen molar-refractivity contribution in [2.24, 2.45) is 0 Å². The number of carboxylic acid groups (broad SMARTS) is 1. The van der Waals surface area contributed by atoms with E-state index in [1.54, 1.807) is 20.8 Å². The van der Waals surface area contributed by atoms with E-state index < -0.39 is 29.7 Å². The Labute approximate surface area is 181 Å². The number of rotatable bonds is 7. The van der Waals surface area contributed by atoms with Gasteiger partial charge in [-0.05, 0) is 49.4 Å². The fourth-order valence-corrected chi connectivity index (χ4v) is 3.67. The third-order valence-electron chi connectivity index (χ3n) is 4.98. The second-order valence-electron chi connectivity index (χ2n) is 8.49. The molecular formula is C24H27NO6. The number of amides is 1. The quantitative estimate of drug-likeness (QED) is 0.648. The summed E-state index contributed by atoms with van der Waals surface area (Å²) in [4.78, 5) is 35.9. The van der Waals surface area contributed by atoms with Gasteiger partial charge in [-0.2, -0.15) is 0 Å². The van der Waals surface area contributed by atoms with Crippen LogP contribution in [-0.2, 0) is 19.1 Å². The van der Waals surface area contributed by atoms with Gasteiger partial charge in [0.05, 0.1) is 0 Å². The maximum atomic E-state index is 12.8. The molecule has 3 rings (SSSR count). The Hall–Kier alpha value is -3.35. The van der Waals surface area contributed by atoms with Gasteiger partial charge >= 0.3 is 18.0 Å². The Balaban J connectivity index is 1.71. The zero-order chi connectivity index (χ0) is 22.6. The Morgan fingerprint density at radius 1 is 1.00 bits per heavy atom. The van der Waals surface area contributed by atoms with E-state index in [1.807, 2.05) is 48.5 Å². The van der Waals surface area contributed by atoms with Gasteiger partial charge in [-0.25, -0.2) is 9.59 Å². The van der Waals surface area contributed by atoms with Gasteiger partial charge in [0, 0.05) is 12.3 Å². The van der Waals surface area contributed by atoms with Crippen molar-refractivity contribution >= 4 is 18.0 Å².